The molecule has 1 aliphatic rings. The van der Waals surface area contributed by atoms with Gasteiger partial charge in [0.05, 0.1) is 6.08 Å². The molecule has 0 saturated carbocycles. The van der Waals surface area contributed by atoms with E-state index < -0.39 is 0 Å². The highest BCUT2D eigenvalue weighted by Gasteiger charge is 2.22. The highest BCUT2D eigenvalue weighted by molar-refractivity contribution is 5.85. The van der Waals surface area contributed by atoms with Gasteiger partial charge in [0.15, 0.2) is 6.10 Å². The third-order valence-electron chi connectivity index (χ3n) is 1.32. The van der Waals surface area contributed by atoms with Crippen LogP contribution in [0.2, 0.25) is 0 Å². The summed E-state index contributed by atoms with van der Waals surface area (Å²) in [6, 6.07) is 0. The van der Waals surface area contributed by atoms with Crippen LogP contribution in [-0.4, -0.2) is 18.7 Å². The van der Waals surface area contributed by atoms with Crippen LogP contribution in [0.15, 0.2) is 24.5 Å². The zero-order valence-electron chi connectivity index (χ0n) is 6.37. The normalized spacial score (nSPS) is 22.5. The van der Waals surface area contributed by atoms with E-state index in [2.05, 4.69) is 6.58 Å². The summed E-state index contributed by atoms with van der Waals surface area (Å²) in [5.41, 5.74) is 0. The fourth-order valence-corrected chi connectivity index (χ4v) is 0.814. The molecular weight excluding hydrogens is 144 g/mol. The molecule has 0 fully saturated rings. The summed E-state index contributed by atoms with van der Waals surface area (Å²) in [6.45, 7) is 5.66. The molecule has 0 radical (unpaired) electrons. The Balaban J connectivity index is 2.49. The number of cyclic esters (lactones) is 1. The predicted octanol–water partition coefficient (Wildman–Crippen LogP) is 1.02. The molecule has 0 spiro atoms. The Labute approximate surface area is 65.3 Å². The van der Waals surface area contributed by atoms with Crippen molar-refractivity contribution in [1.29, 1.82) is 0 Å². The van der Waals surface area contributed by atoms with Gasteiger partial charge in [-0.3, -0.25) is 0 Å². The van der Waals surface area contributed by atoms with Gasteiger partial charge in [0.1, 0.15) is 12.4 Å². The van der Waals surface area contributed by atoms with Crippen molar-refractivity contribution in [2.45, 2.75) is 13.0 Å². The topological polar surface area (TPSA) is 35.5 Å². The standard InChI is InChI=1S/C8H10O3/c1-3-4-10-7-5-8(9)11-6(7)2/h3,5-6H,1,4H2,2H3. The summed E-state index contributed by atoms with van der Waals surface area (Å²) >= 11 is 0. The molecule has 0 bridgehead atoms. The average molecular weight is 154 g/mol. The van der Waals surface area contributed by atoms with E-state index >= 15 is 0 Å². The van der Waals surface area contributed by atoms with E-state index in [0.29, 0.717) is 12.4 Å². The molecule has 0 aromatic carbocycles. The second-order valence-corrected chi connectivity index (χ2v) is 2.23. The van der Waals surface area contributed by atoms with Gasteiger partial charge in [-0.1, -0.05) is 12.7 Å². The molecule has 1 heterocycles. The van der Waals surface area contributed by atoms with Gasteiger partial charge in [-0.15, -0.1) is 0 Å². The fraction of sp³-hybridized carbons (Fsp3) is 0.375. The van der Waals surface area contributed by atoms with Gasteiger partial charge in [-0.2, -0.15) is 0 Å². The SMILES string of the molecule is C=CCOC1=CC(=O)OC1C. The number of ether oxygens (including phenoxy) is 2. The van der Waals surface area contributed by atoms with Crippen molar-refractivity contribution in [3.05, 3.63) is 24.5 Å². The third-order valence-corrected chi connectivity index (χ3v) is 1.32. The van der Waals surface area contributed by atoms with Crippen LogP contribution in [0, 0.1) is 0 Å². The first-order chi connectivity index (χ1) is 5.24. The number of carbonyl (C=O) groups excluding carboxylic acids is 1. The van der Waals surface area contributed by atoms with Crippen LogP contribution in [0.5, 0.6) is 0 Å². The largest absolute Gasteiger partial charge is 0.490 e. The zero-order valence-corrected chi connectivity index (χ0v) is 6.37. The van der Waals surface area contributed by atoms with Gasteiger partial charge in [-0.05, 0) is 6.92 Å². The second kappa shape index (κ2) is 3.23. The highest BCUT2D eigenvalue weighted by Crippen LogP contribution is 2.15. The fourth-order valence-electron chi connectivity index (χ4n) is 0.814. The summed E-state index contributed by atoms with van der Waals surface area (Å²) in [5, 5.41) is 0. The Morgan fingerprint density at radius 2 is 2.64 bits per heavy atom. The zero-order chi connectivity index (χ0) is 8.27. The first-order valence-corrected chi connectivity index (χ1v) is 3.40. The van der Waals surface area contributed by atoms with Crippen molar-refractivity contribution in [1.82, 2.24) is 0 Å². The van der Waals surface area contributed by atoms with Crippen molar-refractivity contribution >= 4 is 5.97 Å². The van der Waals surface area contributed by atoms with Crippen LogP contribution in [0.3, 0.4) is 0 Å². The molecule has 11 heavy (non-hydrogen) atoms. The molecule has 0 N–H and O–H groups in total. The van der Waals surface area contributed by atoms with Gasteiger partial charge < -0.3 is 9.47 Å². The van der Waals surface area contributed by atoms with Gasteiger partial charge in [-0.25, -0.2) is 4.79 Å². The minimum absolute atomic E-state index is 0.248. The van der Waals surface area contributed by atoms with Crippen molar-refractivity contribution < 1.29 is 14.3 Å². The lowest BCUT2D eigenvalue weighted by Gasteiger charge is -2.07. The monoisotopic (exact) mass is 154 g/mol. The summed E-state index contributed by atoms with van der Waals surface area (Å²) < 4.78 is 9.91. The summed E-state index contributed by atoms with van der Waals surface area (Å²) in [6.07, 6.45) is 2.73. The third kappa shape index (κ3) is 1.83. The molecule has 1 atom stereocenters. The van der Waals surface area contributed by atoms with Crippen molar-refractivity contribution in [2.24, 2.45) is 0 Å². The minimum Gasteiger partial charge on any atom is -0.490 e. The number of hydrogen-bond acceptors (Lipinski definition) is 3. The lowest BCUT2D eigenvalue weighted by atomic mass is 10.3. The van der Waals surface area contributed by atoms with E-state index in [0.717, 1.165) is 0 Å². The Morgan fingerprint density at radius 3 is 3.09 bits per heavy atom. The maximum Gasteiger partial charge on any atom is 0.335 e. The van der Waals surface area contributed by atoms with E-state index in [1.807, 2.05) is 0 Å². The van der Waals surface area contributed by atoms with Gasteiger partial charge >= 0.3 is 5.97 Å². The van der Waals surface area contributed by atoms with Crippen LogP contribution >= 0.6 is 0 Å². The van der Waals surface area contributed by atoms with Crippen LogP contribution in [0.25, 0.3) is 0 Å². The van der Waals surface area contributed by atoms with E-state index in [9.17, 15) is 4.79 Å². The first-order valence-electron chi connectivity index (χ1n) is 3.40. The summed E-state index contributed by atoms with van der Waals surface area (Å²) in [7, 11) is 0. The van der Waals surface area contributed by atoms with Crippen molar-refractivity contribution in [3.8, 4) is 0 Å². The summed E-state index contributed by atoms with van der Waals surface area (Å²) in [4.78, 5) is 10.6. The smallest absolute Gasteiger partial charge is 0.335 e. The van der Waals surface area contributed by atoms with E-state index in [4.69, 9.17) is 9.47 Å². The lowest BCUT2D eigenvalue weighted by molar-refractivity contribution is -0.138. The number of carbonyl (C=O) groups is 1. The quantitative estimate of drug-likeness (QED) is 0.449. The molecule has 3 nitrogen and oxygen atoms in total. The Kier molecular flexibility index (Phi) is 2.31. The van der Waals surface area contributed by atoms with Gasteiger partial charge in [0.25, 0.3) is 0 Å². The molecule has 60 valence electrons. The molecular formula is C8H10O3. The van der Waals surface area contributed by atoms with Crippen LogP contribution < -0.4 is 0 Å². The average Bonchev–Trinajstić information content (AvgIpc) is 2.26. The molecule has 0 saturated heterocycles. The molecule has 0 aromatic heterocycles. The number of esters is 1. The Bertz CT molecular complexity index is 205. The van der Waals surface area contributed by atoms with E-state index in [-0.39, 0.29) is 12.1 Å². The minimum atomic E-state index is -0.337. The Morgan fingerprint density at radius 1 is 1.91 bits per heavy atom. The molecule has 3 heteroatoms. The first kappa shape index (κ1) is 7.85. The summed E-state index contributed by atoms with van der Waals surface area (Å²) in [5.74, 6) is 0.242. The maximum atomic E-state index is 10.6. The second-order valence-electron chi connectivity index (χ2n) is 2.23. The van der Waals surface area contributed by atoms with Crippen molar-refractivity contribution in [2.75, 3.05) is 6.61 Å². The van der Waals surface area contributed by atoms with Gasteiger partial charge in [0.2, 0.25) is 0 Å². The molecule has 1 rings (SSSR count). The Hall–Kier alpha value is -1.25. The van der Waals surface area contributed by atoms with Crippen LogP contribution in [0.4, 0.5) is 0 Å². The maximum absolute atomic E-state index is 10.6. The molecule has 0 aromatic rings. The van der Waals surface area contributed by atoms with E-state index in [1.54, 1.807) is 13.0 Å². The highest BCUT2D eigenvalue weighted by atomic mass is 16.6. The molecule has 0 amide bonds. The number of hydrogen-bond donors (Lipinski definition) is 0. The van der Waals surface area contributed by atoms with Gasteiger partial charge in [0, 0.05) is 0 Å². The predicted molar refractivity (Wildman–Crippen MR) is 39.8 cm³/mol. The lowest BCUT2D eigenvalue weighted by Crippen LogP contribution is -2.08. The molecule has 1 unspecified atom stereocenters. The van der Waals surface area contributed by atoms with Crippen LogP contribution in [-0.2, 0) is 14.3 Å². The molecule has 1 aliphatic heterocycles. The van der Waals surface area contributed by atoms with Crippen molar-refractivity contribution in [3.63, 3.8) is 0 Å². The molecule has 0 aliphatic carbocycles. The van der Waals surface area contributed by atoms with E-state index in [1.165, 1.54) is 6.08 Å². The number of rotatable bonds is 3. The van der Waals surface area contributed by atoms with Crippen LogP contribution in [0.1, 0.15) is 6.92 Å².